The molecule has 6 nitrogen and oxygen atoms in total. The Labute approximate surface area is 135 Å². The minimum absolute atomic E-state index is 0.235. The zero-order valence-corrected chi connectivity index (χ0v) is 13.8. The summed E-state index contributed by atoms with van der Waals surface area (Å²) in [5.41, 5.74) is 0.847. The first-order chi connectivity index (χ1) is 10.6. The first-order valence-electron chi connectivity index (χ1n) is 6.13. The van der Waals surface area contributed by atoms with Gasteiger partial charge in [0, 0.05) is 5.56 Å². The predicted octanol–water partition coefficient (Wildman–Crippen LogP) is 3.08. The summed E-state index contributed by atoms with van der Waals surface area (Å²) >= 11 is 2.32. The van der Waals surface area contributed by atoms with Crippen molar-refractivity contribution in [3.63, 3.8) is 0 Å². The van der Waals surface area contributed by atoms with E-state index < -0.39 is 10.0 Å². The van der Waals surface area contributed by atoms with Crippen LogP contribution in [-0.4, -0.2) is 25.7 Å². The lowest BCUT2D eigenvalue weighted by Crippen LogP contribution is -2.11. The maximum Gasteiger partial charge on any atom is 0.273 e. The SMILES string of the molecule is COc1ccc(-c2nnc(NS(=O)(=O)c3cccs3)s2)cc1. The van der Waals surface area contributed by atoms with Gasteiger partial charge in [-0.05, 0) is 35.7 Å². The molecule has 3 rings (SSSR count). The second kappa shape index (κ2) is 6.03. The summed E-state index contributed by atoms with van der Waals surface area (Å²) in [6, 6.07) is 10.5. The van der Waals surface area contributed by atoms with Crippen LogP contribution in [0.4, 0.5) is 5.13 Å². The second-order valence-electron chi connectivity index (χ2n) is 4.18. The van der Waals surface area contributed by atoms with Crippen molar-refractivity contribution in [2.75, 3.05) is 11.8 Å². The number of benzene rings is 1. The number of thiophene rings is 1. The van der Waals surface area contributed by atoms with Crippen LogP contribution in [0.1, 0.15) is 0 Å². The van der Waals surface area contributed by atoms with Crippen molar-refractivity contribution in [2.45, 2.75) is 4.21 Å². The summed E-state index contributed by atoms with van der Waals surface area (Å²) in [6.45, 7) is 0. The van der Waals surface area contributed by atoms with Gasteiger partial charge in [0.1, 0.15) is 15.0 Å². The van der Waals surface area contributed by atoms with Crippen LogP contribution >= 0.6 is 22.7 Å². The molecule has 22 heavy (non-hydrogen) atoms. The van der Waals surface area contributed by atoms with Gasteiger partial charge in [0.15, 0.2) is 0 Å². The van der Waals surface area contributed by atoms with Crippen LogP contribution in [0.25, 0.3) is 10.6 Å². The molecule has 9 heteroatoms. The van der Waals surface area contributed by atoms with E-state index in [1.165, 1.54) is 11.3 Å². The molecule has 0 spiro atoms. The lowest BCUT2D eigenvalue weighted by atomic mass is 10.2. The molecule has 2 heterocycles. The maximum absolute atomic E-state index is 12.1. The Kier molecular flexibility index (Phi) is 4.10. The Morgan fingerprint density at radius 3 is 2.55 bits per heavy atom. The topological polar surface area (TPSA) is 81.2 Å². The van der Waals surface area contributed by atoms with E-state index in [0.29, 0.717) is 5.01 Å². The van der Waals surface area contributed by atoms with E-state index in [2.05, 4.69) is 14.9 Å². The van der Waals surface area contributed by atoms with E-state index >= 15 is 0 Å². The first-order valence-corrected chi connectivity index (χ1v) is 9.31. The predicted molar refractivity (Wildman–Crippen MR) is 87.0 cm³/mol. The quantitative estimate of drug-likeness (QED) is 0.762. The number of hydrogen-bond donors (Lipinski definition) is 1. The molecular weight excluding hydrogens is 342 g/mol. The van der Waals surface area contributed by atoms with Gasteiger partial charge in [-0.15, -0.1) is 21.5 Å². The standard InChI is InChI=1S/C13H11N3O3S3/c1-19-10-6-4-9(5-7-10)12-14-15-13(21-12)16-22(17,18)11-3-2-8-20-11/h2-8H,1H3,(H,15,16). The molecule has 0 radical (unpaired) electrons. The molecule has 0 saturated heterocycles. The van der Waals surface area contributed by atoms with Gasteiger partial charge in [-0.25, -0.2) is 8.42 Å². The van der Waals surface area contributed by atoms with E-state index in [9.17, 15) is 8.42 Å². The van der Waals surface area contributed by atoms with Gasteiger partial charge in [0.25, 0.3) is 10.0 Å². The fraction of sp³-hybridized carbons (Fsp3) is 0.0769. The fourth-order valence-corrected chi connectivity index (χ4v) is 4.67. The molecule has 0 unspecified atom stereocenters. The zero-order chi connectivity index (χ0) is 15.6. The van der Waals surface area contributed by atoms with Crippen molar-refractivity contribution >= 4 is 37.8 Å². The molecule has 0 aliphatic rings. The van der Waals surface area contributed by atoms with Crippen LogP contribution in [0.5, 0.6) is 5.75 Å². The molecule has 1 N–H and O–H groups in total. The Bertz CT molecular complexity index is 856. The van der Waals surface area contributed by atoms with Crippen molar-refractivity contribution < 1.29 is 13.2 Å². The fourth-order valence-electron chi connectivity index (χ4n) is 1.70. The summed E-state index contributed by atoms with van der Waals surface area (Å²) < 4.78 is 32.0. The highest BCUT2D eigenvalue weighted by Crippen LogP contribution is 2.29. The summed E-state index contributed by atoms with van der Waals surface area (Å²) in [6.07, 6.45) is 0. The van der Waals surface area contributed by atoms with E-state index in [4.69, 9.17) is 4.74 Å². The number of rotatable bonds is 5. The number of sulfonamides is 1. The molecule has 0 aliphatic carbocycles. The minimum atomic E-state index is -3.59. The number of ether oxygens (including phenoxy) is 1. The molecule has 0 bridgehead atoms. The van der Waals surface area contributed by atoms with Crippen LogP contribution < -0.4 is 9.46 Å². The highest BCUT2D eigenvalue weighted by atomic mass is 32.2. The number of nitrogens with one attached hydrogen (secondary N) is 1. The normalized spacial score (nSPS) is 11.3. The van der Waals surface area contributed by atoms with E-state index in [0.717, 1.165) is 22.6 Å². The lowest BCUT2D eigenvalue weighted by Gasteiger charge is -2.01. The largest absolute Gasteiger partial charge is 0.497 e. The second-order valence-corrected chi connectivity index (χ2v) is 8.01. The molecule has 0 atom stereocenters. The van der Waals surface area contributed by atoms with Crippen molar-refractivity contribution in [3.05, 3.63) is 41.8 Å². The van der Waals surface area contributed by atoms with Crippen molar-refractivity contribution in [1.29, 1.82) is 0 Å². The molecule has 0 fully saturated rings. The van der Waals surface area contributed by atoms with Gasteiger partial charge in [0.2, 0.25) is 5.13 Å². The average Bonchev–Trinajstić information content (AvgIpc) is 3.18. The van der Waals surface area contributed by atoms with Crippen LogP contribution in [0.15, 0.2) is 46.0 Å². The molecule has 3 aromatic rings. The molecule has 1 aromatic carbocycles. The molecule has 2 aromatic heterocycles. The molecule has 0 aliphatic heterocycles. The summed E-state index contributed by atoms with van der Waals surface area (Å²) in [5.74, 6) is 0.742. The molecule has 114 valence electrons. The summed E-state index contributed by atoms with van der Waals surface area (Å²) in [4.78, 5) is 0. The first kappa shape index (κ1) is 14.9. The Morgan fingerprint density at radius 2 is 1.91 bits per heavy atom. The number of nitrogens with zero attached hydrogens (tertiary/aromatic N) is 2. The van der Waals surface area contributed by atoms with Gasteiger partial charge in [-0.3, -0.25) is 4.72 Å². The van der Waals surface area contributed by atoms with Crippen LogP contribution in [0, 0.1) is 0 Å². The maximum atomic E-state index is 12.1. The van der Waals surface area contributed by atoms with Crippen molar-refractivity contribution in [3.8, 4) is 16.3 Å². The van der Waals surface area contributed by atoms with Gasteiger partial charge < -0.3 is 4.74 Å². The monoisotopic (exact) mass is 353 g/mol. The van der Waals surface area contributed by atoms with Gasteiger partial charge >= 0.3 is 0 Å². The average molecular weight is 353 g/mol. The molecule has 0 saturated carbocycles. The lowest BCUT2D eigenvalue weighted by molar-refractivity contribution is 0.415. The smallest absolute Gasteiger partial charge is 0.273 e. The summed E-state index contributed by atoms with van der Waals surface area (Å²) in [5, 5.41) is 10.5. The number of anilines is 1. The number of methoxy groups -OCH3 is 1. The number of hydrogen-bond acceptors (Lipinski definition) is 7. The summed E-state index contributed by atoms with van der Waals surface area (Å²) in [7, 11) is -2.00. The third-order valence-electron chi connectivity index (χ3n) is 2.74. The highest BCUT2D eigenvalue weighted by Gasteiger charge is 2.18. The minimum Gasteiger partial charge on any atom is -0.497 e. The zero-order valence-electron chi connectivity index (χ0n) is 11.4. The Hall–Kier alpha value is -1.97. The van der Waals surface area contributed by atoms with E-state index in [-0.39, 0.29) is 9.34 Å². The van der Waals surface area contributed by atoms with E-state index in [1.54, 1.807) is 24.6 Å². The third kappa shape index (κ3) is 3.11. The highest BCUT2D eigenvalue weighted by molar-refractivity contribution is 7.94. The van der Waals surface area contributed by atoms with Gasteiger partial charge in [0.05, 0.1) is 7.11 Å². The third-order valence-corrected chi connectivity index (χ3v) is 6.50. The Balaban J connectivity index is 1.82. The van der Waals surface area contributed by atoms with Crippen LogP contribution in [-0.2, 0) is 10.0 Å². The van der Waals surface area contributed by atoms with Crippen LogP contribution in [0.3, 0.4) is 0 Å². The Morgan fingerprint density at radius 1 is 1.14 bits per heavy atom. The van der Waals surface area contributed by atoms with Crippen molar-refractivity contribution in [2.24, 2.45) is 0 Å². The van der Waals surface area contributed by atoms with Crippen LogP contribution in [0.2, 0.25) is 0 Å². The van der Waals surface area contributed by atoms with Gasteiger partial charge in [-0.2, -0.15) is 0 Å². The molecule has 0 amide bonds. The number of aromatic nitrogens is 2. The van der Waals surface area contributed by atoms with Gasteiger partial charge in [-0.1, -0.05) is 17.4 Å². The molecular formula is C13H11N3O3S3. The van der Waals surface area contributed by atoms with E-state index in [1.807, 2.05) is 24.3 Å². The van der Waals surface area contributed by atoms with Crippen molar-refractivity contribution in [1.82, 2.24) is 10.2 Å².